The number of ether oxygens (including phenoxy) is 2. The lowest BCUT2D eigenvalue weighted by atomic mass is 9.93. The van der Waals surface area contributed by atoms with Crippen LogP contribution in [0.2, 0.25) is 0 Å². The van der Waals surface area contributed by atoms with Crippen molar-refractivity contribution in [2.75, 3.05) is 14.2 Å². The highest BCUT2D eigenvalue weighted by Gasteiger charge is 2.15. The van der Waals surface area contributed by atoms with Gasteiger partial charge in [0.05, 0.1) is 14.2 Å². The van der Waals surface area contributed by atoms with Crippen molar-refractivity contribution in [3.8, 4) is 11.5 Å². The molecular weight excluding hydrogens is 336 g/mol. The van der Waals surface area contributed by atoms with Crippen LogP contribution in [0.15, 0.2) is 72.8 Å². The molecule has 27 heavy (non-hydrogen) atoms. The van der Waals surface area contributed by atoms with E-state index in [9.17, 15) is 4.79 Å². The van der Waals surface area contributed by atoms with Crippen molar-refractivity contribution >= 4 is 17.4 Å². The van der Waals surface area contributed by atoms with Crippen LogP contribution < -0.4 is 9.47 Å². The molecule has 0 fully saturated rings. The van der Waals surface area contributed by atoms with Gasteiger partial charge in [-0.25, -0.2) is 0 Å². The summed E-state index contributed by atoms with van der Waals surface area (Å²) in [5.41, 5.74) is 4.16. The van der Waals surface area contributed by atoms with Gasteiger partial charge in [0, 0.05) is 11.1 Å². The Bertz CT molecular complexity index is 955. The summed E-state index contributed by atoms with van der Waals surface area (Å²) in [6, 6.07) is 22.7. The van der Waals surface area contributed by atoms with Gasteiger partial charge in [-0.2, -0.15) is 0 Å². The largest absolute Gasteiger partial charge is 0.497 e. The maximum Gasteiger partial charge on any atom is 0.193 e. The number of hydrogen-bond donors (Lipinski definition) is 0. The van der Waals surface area contributed by atoms with Gasteiger partial charge in [-0.3, -0.25) is 4.79 Å². The van der Waals surface area contributed by atoms with Crippen molar-refractivity contribution in [3.63, 3.8) is 0 Å². The van der Waals surface area contributed by atoms with Crippen LogP contribution in [-0.4, -0.2) is 20.0 Å². The third kappa shape index (κ3) is 4.26. The van der Waals surface area contributed by atoms with Crippen molar-refractivity contribution in [3.05, 3.63) is 95.1 Å². The number of aryl methyl sites for hydroxylation is 1. The van der Waals surface area contributed by atoms with E-state index in [1.54, 1.807) is 14.2 Å². The first-order chi connectivity index (χ1) is 13.1. The molecule has 0 aliphatic carbocycles. The van der Waals surface area contributed by atoms with Crippen LogP contribution in [0.3, 0.4) is 0 Å². The number of allylic oxidation sites excluding steroid dienone is 1. The number of benzene rings is 3. The average Bonchev–Trinajstić information content (AvgIpc) is 2.73. The molecule has 0 aliphatic rings. The first kappa shape index (κ1) is 18.5. The molecule has 0 aromatic heterocycles. The predicted molar refractivity (Wildman–Crippen MR) is 109 cm³/mol. The smallest absolute Gasteiger partial charge is 0.193 e. The van der Waals surface area contributed by atoms with Crippen LogP contribution in [0.4, 0.5) is 0 Å². The zero-order valence-electron chi connectivity index (χ0n) is 15.7. The number of methoxy groups -OCH3 is 2. The molecule has 3 nitrogen and oxygen atoms in total. The van der Waals surface area contributed by atoms with E-state index in [0.29, 0.717) is 11.1 Å². The van der Waals surface area contributed by atoms with E-state index in [1.165, 1.54) is 0 Å². The van der Waals surface area contributed by atoms with Crippen LogP contribution in [0, 0.1) is 6.92 Å². The number of ketones is 1. The van der Waals surface area contributed by atoms with E-state index in [1.807, 2.05) is 85.8 Å². The van der Waals surface area contributed by atoms with E-state index >= 15 is 0 Å². The lowest BCUT2D eigenvalue weighted by Gasteiger charge is -2.11. The summed E-state index contributed by atoms with van der Waals surface area (Å²) in [5, 5.41) is 0. The van der Waals surface area contributed by atoms with Crippen molar-refractivity contribution in [2.24, 2.45) is 0 Å². The third-order valence-corrected chi connectivity index (χ3v) is 4.46. The van der Waals surface area contributed by atoms with Crippen LogP contribution in [0.1, 0.15) is 27.0 Å². The Hall–Kier alpha value is -3.33. The fraction of sp³-hybridized carbons (Fsp3) is 0.125. The number of carbonyl (C=O) groups is 1. The van der Waals surface area contributed by atoms with E-state index < -0.39 is 0 Å². The molecule has 3 aromatic rings. The second kappa shape index (κ2) is 8.37. The normalized spacial score (nSPS) is 11.1. The zero-order chi connectivity index (χ0) is 19.2. The summed E-state index contributed by atoms with van der Waals surface area (Å²) in [4.78, 5) is 13.2. The lowest BCUT2D eigenvalue weighted by molar-refractivity contribution is 0.105. The summed E-state index contributed by atoms with van der Waals surface area (Å²) in [5.74, 6) is 1.53. The molecule has 0 radical (unpaired) electrons. The van der Waals surface area contributed by atoms with Crippen LogP contribution in [0.25, 0.3) is 11.6 Å². The minimum Gasteiger partial charge on any atom is -0.497 e. The second-order valence-electron chi connectivity index (χ2n) is 6.20. The van der Waals surface area contributed by atoms with E-state index in [0.717, 1.165) is 28.2 Å². The average molecular weight is 358 g/mol. The van der Waals surface area contributed by atoms with Gasteiger partial charge in [0.2, 0.25) is 0 Å². The van der Waals surface area contributed by atoms with Gasteiger partial charge >= 0.3 is 0 Å². The van der Waals surface area contributed by atoms with Gasteiger partial charge in [0.25, 0.3) is 0 Å². The fourth-order valence-electron chi connectivity index (χ4n) is 2.89. The van der Waals surface area contributed by atoms with Crippen molar-refractivity contribution in [1.29, 1.82) is 0 Å². The summed E-state index contributed by atoms with van der Waals surface area (Å²) >= 11 is 0. The molecule has 0 N–H and O–H groups in total. The molecule has 3 aromatic carbocycles. The Labute approximate surface area is 159 Å². The molecule has 0 unspecified atom stereocenters. The van der Waals surface area contributed by atoms with Gasteiger partial charge in [-0.1, -0.05) is 48.5 Å². The standard InChI is InChI=1S/C24H22O3/c1-17-15-22(27-3)14-11-20(17)16-23(18-9-12-21(26-2)13-10-18)24(25)19-7-5-4-6-8-19/h4-16H,1-3H3/b23-16-. The Kier molecular flexibility index (Phi) is 5.72. The van der Waals surface area contributed by atoms with E-state index in [-0.39, 0.29) is 5.78 Å². The molecule has 0 atom stereocenters. The molecular formula is C24H22O3. The topological polar surface area (TPSA) is 35.5 Å². The van der Waals surface area contributed by atoms with Crippen LogP contribution in [-0.2, 0) is 0 Å². The van der Waals surface area contributed by atoms with Gasteiger partial charge in [0.1, 0.15) is 11.5 Å². The molecule has 0 spiro atoms. The lowest BCUT2D eigenvalue weighted by Crippen LogP contribution is -2.03. The maximum absolute atomic E-state index is 13.2. The Morgan fingerprint density at radius 1 is 0.778 bits per heavy atom. The van der Waals surface area contributed by atoms with Crippen molar-refractivity contribution < 1.29 is 14.3 Å². The van der Waals surface area contributed by atoms with Gasteiger partial charge in [-0.15, -0.1) is 0 Å². The highest BCUT2D eigenvalue weighted by molar-refractivity contribution is 6.32. The number of hydrogen-bond acceptors (Lipinski definition) is 3. The fourth-order valence-corrected chi connectivity index (χ4v) is 2.89. The number of Topliss-reactive ketones (excluding diaryl/α,β-unsaturated/α-hetero) is 1. The molecule has 0 aliphatic heterocycles. The summed E-state index contributed by atoms with van der Waals surface area (Å²) in [6.45, 7) is 2.01. The highest BCUT2D eigenvalue weighted by atomic mass is 16.5. The minimum absolute atomic E-state index is 0.0176. The highest BCUT2D eigenvalue weighted by Crippen LogP contribution is 2.27. The molecule has 0 saturated heterocycles. The number of carbonyl (C=O) groups excluding carboxylic acids is 1. The monoisotopic (exact) mass is 358 g/mol. The van der Waals surface area contributed by atoms with E-state index in [4.69, 9.17) is 9.47 Å². The molecule has 3 heteroatoms. The molecule has 136 valence electrons. The first-order valence-electron chi connectivity index (χ1n) is 8.73. The summed E-state index contributed by atoms with van der Waals surface area (Å²) < 4.78 is 10.5. The SMILES string of the molecule is COc1ccc(/C(=C/c2ccc(OC)cc2C)C(=O)c2ccccc2)cc1. The Morgan fingerprint density at radius 2 is 1.41 bits per heavy atom. The molecule has 0 bridgehead atoms. The minimum atomic E-state index is -0.0176. The summed E-state index contributed by atoms with van der Waals surface area (Å²) in [7, 11) is 3.27. The van der Waals surface area contributed by atoms with Crippen molar-refractivity contribution in [2.45, 2.75) is 6.92 Å². The number of rotatable bonds is 6. The second-order valence-corrected chi connectivity index (χ2v) is 6.20. The van der Waals surface area contributed by atoms with Crippen LogP contribution in [0.5, 0.6) is 11.5 Å². The quantitative estimate of drug-likeness (QED) is 0.334. The summed E-state index contributed by atoms with van der Waals surface area (Å²) in [6.07, 6.45) is 1.94. The molecule has 3 rings (SSSR count). The zero-order valence-corrected chi connectivity index (χ0v) is 15.7. The van der Waals surface area contributed by atoms with Gasteiger partial charge in [0.15, 0.2) is 5.78 Å². The third-order valence-electron chi connectivity index (χ3n) is 4.46. The van der Waals surface area contributed by atoms with Crippen LogP contribution >= 0.6 is 0 Å². The van der Waals surface area contributed by atoms with Gasteiger partial charge in [-0.05, 0) is 54.0 Å². The van der Waals surface area contributed by atoms with Crippen molar-refractivity contribution in [1.82, 2.24) is 0 Å². The Balaban J connectivity index is 2.10. The van der Waals surface area contributed by atoms with Gasteiger partial charge < -0.3 is 9.47 Å². The molecule has 0 saturated carbocycles. The Morgan fingerprint density at radius 3 is 2.00 bits per heavy atom. The molecule has 0 amide bonds. The maximum atomic E-state index is 13.2. The van der Waals surface area contributed by atoms with E-state index in [2.05, 4.69) is 0 Å². The predicted octanol–water partition coefficient (Wildman–Crippen LogP) is 5.44. The molecule has 0 heterocycles. The first-order valence-corrected chi connectivity index (χ1v) is 8.73.